The minimum atomic E-state index is -0.715. The molecule has 0 fully saturated rings. The van der Waals surface area contributed by atoms with Crippen LogP contribution in [0, 0.1) is 11.6 Å². The molecule has 1 aromatic carbocycles. The number of imidazole rings is 1. The number of amides is 1. The summed E-state index contributed by atoms with van der Waals surface area (Å²) in [6.07, 6.45) is 7.06. The average Bonchev–Trinajstić information content (AvgIpc) is 3.26. The third-order valence-corrected chi connectivity index (χ3v) is 3.79. The van der Waals surface area contributed by atoms with E-state index in [-0.39, 0.29) is 11.4 Å². The minimum absolute atomic E-state index is 0.106. The first-order chi connectivity index (χ1) is 12.1. The average molecular weight is 338 g/mol. The van der Waals surface area contributed by atoms with Gasteiger partial charge in [0.1, 0.15) is 23.0 Å². The molecule has 0 aliphatic carbocycles. The molecule has 0 saturated heterocycles. The van der Waals surface area contributed by atoms with Crippen LogP contribution < -0.4 is 5.32 Å². The number of anilines is 1. The smallest absolute Gasteiger partial charge is 0.275 e. The summed E-state index contributed by atoms with van der Waals surface area (Å²) in [6.45, 7) is 0. The van der Waals surface area contributed by atoms with Crippen molar-refractivity contribution in [3.63, 3.8) is 0 Å². The first-order valence-corrected chi connectivity index (χ1v) is 7.48. The van der Waals surface area contributed by atoms with Crippen LogP contribution in [0.2, 0.25) is 0 Å². The van der Waals surface area contributed by atoms with Gasteiger partial charge in [-0.25, -0.2) is 13.8 Å². The van der Waals surface area contributed by atoms with Crippen molar-refractivity contribution in [3.05, 3.63) is 78.5 Å². The fraction of sp³-hybridized carbons (Fsp3) is 0. The van der Waals surface area contributed by atoms with Crippen LogP contribution in [-0.4, -0.2) is 20.3 Å². The Morgan fingerprint density at radius 1 is 1.08 bits per heavy atom. The van der Waals surface area contributed by atoms with Gasteiger partial charge in [0.25, 0.3) is 5.91 Å². The number of pyridine rings is 1. The number of nitrogens with zero attached hydrogens (tertiary/aromatic N) is 2. The van der Waals surface area contributed by atoms with E-state index in [1.54, 1.807) is 10.5 Å². The SMILES string of the molecule is O=C(Nc1cc(F)ccc1F)c1cn2cc(-c3cc[nH]c3)ccc2n1. The predicted molar refractivity (Wildman–Crippen MR) is 89.3 cm³/mol. The maximum absolute atomic E-state index is 13.7. The standard InChI is InChI=1S/C18H12F2N4O/c19-13-2-3-14(20)15(7-13)23-18(25)16-10-24-9-12(1-4-17(24)22-16)11-5-6-21-8-11/h1-10,21H,(H,23,25). The highest BCUT2D eigenvalue weighted by Gasteiger charge is 2.14. The van der Waals surface area contributed by atoms with Crippen molar-refractivity contribution in [3.8, 4) is 11.1 Å². The van der Waals surface area contributed by atoms with Gasteiger partial charge in [-0.3, -0.25) is 4.79 Å². The summed E-state index contributed by atoms with van der Waals surface area (Å²) in [7, 11) is 0. The number of fused-ring (bicyclic) bond motifs is 1. The van der Waals surface area contributed by atoms with Gasteiger partial charge in [0.15, 0.2) is 0 Å². The highest BCUT2D eigenvalue weighted by atomic mass is 19.1. The van der Waals surface area contributed by atoms with Gasteiger partial charge in [-0.1, -0.05) is 0 Å². The summed E-state index contributed by atoms with van der Waals surface area (Å²) in [4.78, 5) is 19.5. The van der Waals surface area contributed by atoms with E-state index in [9.17, 15) is 13.6 Å². The van der Waals surface area contributed by atoms with Crippen molar-refractivity contribution in [2.24, 2.45) is 0 Å². The van der Waals surface area contributed by atoms with Crippen LogP contribution in [0.4, 0.5) is 14.5 Å². The molecule has 0 bridgehead atoms. The van der Waals surface area contributed by atoms with E-state index in [1.165, 1.54) is 6.20 Å². The molecule has 4 aromatic rings. The van der Waals surface area contributed by atoms with Gasteiger partial charge in [0.05, 0.1) is 5.69 Å². The van der Waals surface area contributed by atoms with Crippen molar-refractivity contribution < 1.29 is 13.6 Å². The summed E-state index contributed by atoms with van der Waals surface area (Å²) in [6, 6.07) is 8.46. The number of aromatic amines is 1. The van der Waals surface area contributed by atoms with Crippen LogP contribution in [0.5, 0.6) is 0 Å². The molecule has 0 atom stereocenters. The third-order valence-electron chi connectivity index (χ3n) is 3.79. The monoisotopic (exact) mass is 338 g/mol. The summed E-state index contributed by atoms with van der Waals surface area (Å²) in [5.74, 6) is -1.97. The number of carbonyl (C=O) groups is 1. The van der Waals surface area contributed by atoms with Crippen LogP contribution in [0.1, 0.15) is 10.5 Å². The number of hydrogen-bond donors (Lipinski definition) is 2. The van der Waals surface area contributed by atoms with Crippen LogP contribution >= 0.6 is 0 Å². The molecule has 2 N–H and O–H groups in total. The van der Waals surface area contributed by atoms with Crippen LogP contribution in [-0.2, 0) is 0 Å². The molecular formula is C18H12F2N4O. The maximum Gasteiger partial charge on any atom is 0.275 e. The van der Waals surface area contributed by atoms with Gasteiger partial charge in [0.2, 0.25) is 0 Å². The highest BCUT2D eigenvalue weighted by Crippen LogP contribution is 2.20. The van der Waals surface area contributed by atoms with E-state index >= 15 is 0 Å². The van der Waals surface area contributed by atoms with Crippen molar-refractivity contribution in [2.45, 2.75) is 0 Å². The van der Waals surface area contributed by atoms with Gasteiger partial charge in [-0.2, -0.15) is 0 Å². The van der Waals surface area contributed by atoms with E-state index in [2.05, 4.69) is 15.3 Å². The Morgan fingerprint density at radius 3 is 2.76 bits per heavy atom. The first-order valence-electron chi connectivity index (χ1n) is 7.48. The Labute approximate surface area is 140 Å². The van der Waals surface area contributed by atoms with E-state index in [4.69, 9.17) is 0 Å². The Balaban J connectivity index is 1.65. The molecule has 0 aliphatic rings. The van der Waals surface area contributed by atoms with Crippen molar-refractivity contribution >= 4 is 17.2 Å². The summed E-state index contributed by atoms with van der Waals surface area (Å²) in [5, 5.41) is 2.34. The Bertz CT molecular complexity index is 1070. The van der Waals surface area contributed by atoms with Crippen molar-refractivity contribution in [1.29, 1.82) is 0 Å². The zero-order chi connectivity index (χ0) is 17.4. The van der Waals surface area contributed by atoms with Gasteiger partial charge in [-0.15, -0.1) is 0 Å². The predicted octanol–water partition coefficient (Wildman–Crippen LogP) is 3.86. The molecule has 1 amide bonds. The van der Waals surface area contributed by atoms with Crippen LogP contribution in [0.3, 0.4) is 0 Å². The molecule has 124 valence electrons. The van der Waals surface area contributed by atoms with Gasteiger partial charge >= 0.3 is 0 Å². The largest absolute Gasteiger partial charge is 0.367 e. The van der Waals surface area contributed by atoms with E-state index in [1.807, 2.05) is 30.7 Å². The van der Waals surface area contributed by atoms with Crippen LogP contribution in [0.15, 0.2) is 61.2 Å². The quantitative estimate of drug-likeness (QED) is 0.596. The topological polar surface area (TPSA) is 62.2 Å². The molecule has 7 heteroatoms. The molecule has 0 radical (unpaired) electrons. The zero-order valence-electron chi connectivity index (χ0n) is 12.8. The third kappa shape index (κ3) is 2.87. The highest BCUT2D eigenvalue weighted by molar-refractivity contribution is 6.03. The first kappa shape index (κ1) is 15.1. The maximum atomic E-state index is 13.7. The molecular weight excluding hydrogens is 326 g/mol. The number of aromatic nitrogens is 3. The fourth-order valence-electron chi connectivity index (χ4n) is 2.56. The summed E-state index contributed by atoms with van der Waals surface area (Å²) >= 11 is 0. The zero-order valence-corrected chi connectivity index (χ0v) is 12.8. The molecule has 0 aliphatic heterocycles. The lowest BCUT2D eigenvalue weighted by Crippen LogP contribution is -2.13. The molecule has 0 unspecified atom stereocenters. The lowest BCUT2D eigenvalue weighted by Gasteiger charge is -2.04. The van der Waals surface area contributed by atoms with Gasteiger partial charge in [0, 0.05) is 36.4 Å². The Hall–Kier alpha value is -3.48. The number of rotatable bonds is 3. The summed E-state index contributed by atoms with van der Waals surface area (Å²) in [5.41, 5.74) is 2.41. The lowest BCUT2D eigenvalue weighted by molar-refractivity contribution is 0.102. The number of H-pyrrole nitrogens is 1. The number of benzene rings is 1. The second-order valence-corrected chi connectivity index (χ2v) is 5.49. The molecule has 0 saturated carbocycles. The molecule has 25 heavy (non-hydrogen) atoms. The Kier molecular flexibility index (Phi) is 3.53. The second kappa shape index (κ2) is 5.86. The van der Waals surface area contributed by atoms with Gasteiger partial charge in [-0.05, 0) is 35.9 Å². The second-order valence-electron chi connectivity index (χ2n) is 5.49. The number of hydrogen-bond acceptors (Lipinski definition) is 2. The molecule has 5 nitrogen and oxygen atoms in total. The number of nitrogens with one attached hydrogen (secondary N) is 2. The molecule has 4 rings (SSSR count). The van der Waals surface area contributed by atoms with Crippen molar-refractivity contribution in [1.82, 2.24) is 14.4 Å². The minimum Gasteiger partial charge on any atom is -0.367 e. The Morgan fingerprint density at radius 2 is 1.96 bits per heavy atom. The van der Waals surface area contributed by atoms with Crippen LogP contribution in [0.25, 0.3) is 16.8 Å². The number of halogens is 2. The summed E-state index contributed by atoms with van der Waals surface area (Å²) < 4.78 is 28.6. The van der Waals surface area contributed by atoms with Gasteiger partial charge < -0.3 is 14.7 Å². The molecule has 3 heterocycles. The van der Waals surface area contributed by atoms with Crippen molar-refractivity contribution in [2.75, 3.05) is 5.32 Å². The van der Waals surface area contributed by atoms with E-state index in [0.717, 1.165) is 29.3 Å². The van der Waals surface area contributed by atoms with E-state index < -0.39 is 17.5 Å². The molecule has 3 aromatic heterocycles. The molecule has 0 spiro atoms. The van der Waals surface area contributed by atoms with E-state index in [0.29, 0.717) is 5.65 Å². The number of carbonyl (C=O) groups excluding carboxylic acids is 1. The fourth-order valence-corrected chi connectivity index (χ4v) is 2.56. The lowest BCUT2D eigenvalue weighted by atomic mass is 10.1. The normalized spacial score (nSPS) is 11.0.